The van der Waals surface area contributed by atoms with E-state index in [1.807, 2.05) is 36.4 Å². The average Bonchev–Trinajstić information content (AvgIpc) is 3.50. The van der Waals surface area contributed by atoms with Crippen LogP contribution in [0, 0.1) is 0 Å². The van der Waals surface area contributed by atoms with Gasteiger partial charge < -0.3 is 14.6 Å². The second-order valence-electron chi connectivity index (χ2n) is 7.83. The van der Waals surface area contributed by atoms with Crippen LogP contribution in [-0.2, 0) is 4.84 Å². The molecule has 1 N–H and O–H groups in total. The van der Waals surface area contributed by atoms with Crippen LogP contribution in [-0.4, -0.2) is 39.3 Å². The number of fused-ring (bicyclic) bond motifs is 2. The number of hydrogen-bond donors (Lipinski definition) is 1. The van der Waals surface area contributed by atoms with E-state index in [0.717, 1.165) is 16.6 Å². The van der Waals surface area contributed by atoms with Crippen LogP contribution in [0.4, 0.5) is 0 Å². The number of nitrogens with zero attached hydrogens (tertiary/aromatic N) is 2. The molecule has 1 aliphatic heterocycles. The molecule has 0 amide bonds. The zero-order valence-electron chi connectivity index (χ0n) is 17.4. The minimum absolute atomic E-state index is 0.353. The SMILES string of the molecule is COc1ccc(C2C(Sc3nc4ccccc4[nH]3)=NOC23C(=O)c2ccccc2C3=O)cc1. The molecule has 0 bridgehead atoms. The van der Waals surface area contributed by atoms with E-state index in [4.69, 9.17) is 9.57 Å². The van der Waals surface area contributed by atoms with Gasteiger partial charge in [0.05, 0.1) is 24.1 Å². The van der Waals surface area contributed by atoms with Crippen molar-refractivity contribution in [2.75, 3.05) is 7.11 Å². The first-order valence-electron chi connectivity index (χ1n) is 10.3. The van der Waals surface area contributed by atoms with Crippen molar-refractivity contribution in [3.05, 3.63) is 89.5 Å². The van der Waals surface area contributed by atoms with E-state index >= 15 is 0 Å². The number of carbonyl (C=O) groups excluding carboxylic acids is 2. The van der Waals surface area contributed by atoms with Gasteiger partial charge in [0, 0.05) is 11.1 Å². The van der Waals surface area contributed by atoms with Gasteiger partial charge in [-0.15, -0.1) is 0 Å². The highest BCUT2D eigenvalue weighted by molar-refractivity contribution is 8.14. The third-order valence-electron chi connectivity index (χ3n) is 6.04. The van der Waals surface area contributed by atoms with Crippen molar-refractivity contribution >= 4 is 39.4 Å². The number of ketones is 2. The predicted octanol–water partition coefficient (Wildman–Crippen LogP) is 4.61. The van der Waals surface area contributed by atoms with Crippen LogP contribution in [0.15, 0.2) is 83.1 Å². The Hall–Kier alpha value is -3.91. The van der Waals surface area contributed by atoms with Crippen molar-refractivity contribution in [2.24, 2.45) is 5.16 Å². The lowest BCUT2D eigenvalue weighted by Crippen LogP contribution is -2.47. The molecule has 2 heterocycles. The van der Waals surface area contributed by atoms with Gasteiger partial charge in [-0.3, -0.25) is 9.59 Å². The van der Waals surface area contributed by atoms with Crippen molar-refractivity contribution in [3.63, 3.8) is 0 Å². The quantitative estimate of drug-likeness (QED) is 0.454. The van der Waals surface area contributed by atoms with Gasteiger partial charge in [-0.2, -0.15) is 0 Å². The van der Waals surface area contributed by atoms with Crippen molar-refractivity contribution < 1.29 is 19.2 Å². The number of oxime groups is 1. The van der Waals surface area contributed by atoms with Crippen LogP contribution >= 0.6 is 11.8 Å². The number of thioether (sulfide) groups is 1. The van der Waals surface area contributed by atoms with Crippen molar-refractivity contribution in [1.82, 2.24) is 9.97 Å². The molecule has 1 atom stereocenters. The Morgan fingerprint density at radius 2 is 1.61 bits per heavy atom. The summed E-state index contributed by atoms with van der Waals surface area (Å²) in [6.45, 7) is 0. The molecule has 6 rings (SSSR count). The second-order valence-corrected chi connectivity index (χ2v) is 8.84. The number of H-pyrrole nitrogens is 1. The molecule has 1 unspecified atom stereocenters. The van der Waals surface area contributed by atoms with E-state index in [2.05, 4.69) is 15.1 Å². The smallest absolute Gasteiger partial charge is 0.274 e. The van der Waals surface area contributed by atoms with Crippen molar-refractivity contribution in [1.29, 1.82) is 0 Å². The number of Topliss-reactive ketones (excluding diaryl/α,β-unsaturated/α-hetero) is 2. The van der Waals surface area contributed by atoms with Gasteiger partial charge in [-0.25, -0.2) is 4.98 Å². The number of aromatic nitrogens is 2. The maximum Gasteiger partial charge on any atom is 0.274 e. The standard InChI is InChI=1S/C25H17N3O4S/c1-31-15-12-10-14(11-13-15)20-23(33-24-26-18-8-4-5-9-19(18)27-24)28-32-25(20)21(29)16-6-2-3-7-17(16)22(25)30/h2-13,20H,1H3,(H,26,27). The Balaban J connectivity index is 1.46. The van der Waals surface area contributed by atoms with Crippen molar-refractivity contribution in [3.8, 4) is 5.75 Å². The number of methoxy groups -OCH3 is 1. The summed E-state index contributed by atoms with van der Waals surface area (Å²) >= 11 is 1.26. The van der Waals surface area contributed by atoms with Gasteiger partial charge in [-0.1, -0.05) is 53.7 Å². The number of ether oxygens (including phenoxy) is 1. The second kappa shape index (κ2) is 7.31. The number of hydrogen-bond acceptors (Lipinski definition) is 7. The lowest BCUT2D eigenvalue weighted by Gasteiger charge is -2.26. The summed E-state index contributed by atoms with van der Waals surface area (Å²) in [5.74, 6) is -0.822. The number of rotatable bonds is 3. The van der Waals surface area contributed by atoms with E-state index in [9.17, 15) is 9.59 Å². The monoisotopic (exact) mass is 455 g/mol. The molecule has 7 nitrogen and oxygen atoms in total. The van der Waals surface area contributed by atoms with Gasteiger partial charge in [0.2, 0.25) is 11.6 Å². The molecule has 0 saturated heterocycles. The average molecular weight is 455 g/mol. The summed E-state index contributed by atoms with van der Waals surface area (Å²) in [7, 11) is 1.58. The molecule has 3 aromatic carbocycles. The number of nitrogens with one attached hydrogen (secondary N) is 1. The van der Waals surface area contributed by atoms with Crippen LogP contribution in [0.2, 0.25) is 0 Å². The van der Waals surface area contributed by atoms with Gasteiger partial charge in [0.25, 0.3) is 5.60 Å². The molecule has 0 saturated carbocycles. The van der Waals surface area contributed by atoms with E-state index < -0.39 is 11.5 Å². The Bertz CT molecular complexity index is 1390. The molecule has 1 aromatic heterocycles. The third-order valence-corrected chi connectivity index (χ3v) is 6.95. The Morgan fingerprint density at radius 3 is 2.27 bits per heavy atom. The lowest BCUT2D eigenvalue weighted by atomic mass is 9.79. The van der Waals surface area contributed by atoms with Crippen molar-refractivity contribution in [2.45, 2.75) is 16.7 Å². The molecule has 162 valence electrons. The van der Waals surface area contributed by atoms with Gasteiger partial charge in [0.1, 0.15) is 10.8 Å². The van der Waals surface area contributed by atoms with Crippen LogP contribution in [0.1, 0.15) is 32.2 Å². The zero-order valence-corrected chi connectivity index (χ0v) is 18.3. The van der Waals surface area contributed by atoms with Crippen LogP contribution in [0.25, 0.3) is 11.0 Å². The van der Waals surface area contributed by atoms with E-state index in [0.29, 0.717) is 27.1 Å². The van der Waals surface area contributed by atoms with Gasteiger partial charge in [-0.05, 0) is 41.6 Å². The number of imidazole rings is 1. The Labute approximate surface area is 192 Å². The Kier molecular flexibility index (Phi) is 4.38. The first-order chi connectivity index (χ1) is 16.1. The normalized spacial score (nSPS) is 18.5. The molecule has 0 radical (unpaired) electrons. The zero-order chi connectivity index (χ0) is 22.6. The number of benzene rings is 3. The van der Waals surface area contributed by atoms with Gasteiger partial charge in [0.15, 0.2) is 5.16 Å². The van der Waals surface area contributed by atoms with Gasteiger partial charge >= 0.3 is 0 Å². The number of aromatic amines is 1. The summed E-state index contributed by atoms with van der Waals surface area (Å²) in [4.78, 5) is 40.8. The molecule has 4 aromatic rings. The maximum atomic E-state index is 13.6. The molecular weight excluding hydrogens is 438 g/mol. The largest absolute Gasteiger partial charge is 0.497 e. The molecule has 33 heavy (non-hydrogen) atoms. The fourth-order valence-corrected chi connectivity index (χ4v) is 5.45. The van der Waals surface area contributed by atoms with E-state index in [1.54, 1.807) is 43.5 Å². The number of carbonyl (C=O) groups is 2. The summed E-state index contributed by atoms with van der Waals surface area (Å²) < 4.78 is 5.28. The topological polar surface area (TPSA) is 93.6 Å². The highest BCUT2D eigenvalue weighted by atomic mass is 32.2. The summed E-state index contributed by atoms with van der Waals surface area (Å²) in [5.41, 5.74) is 1.36. The van der Waals surface area contributed by atoms with Crippen LogP contribution < -0.4 is 4.74 Å². The van der Waals surface area contributed by atoms with Crippen LogP contribution in [0.5, 0.6) is 5.75 Å². The minimum Gasteiger partial charge on any atom is -0.497 e. The summed E-state index contributed by atoms with van der Waals surface area (Å²) in [6, 6.07) is 21.7. The minimum atomic E-state index is -1.77. The first kappa shape index (κ1) is 19.8. The van der Waals surface area contributed by atoms with E-state index in [-0.39, 0.29) is 11.6 Å². The van der Waals surface area contributed by atoms with Crippen LogP contribution in [0.3, 0.4) is 0 Å². The highest BCUT2D eigenvalue weighted by Gasteiger charge is 2.65. The predicted molar refractivity (Wildman–Crippen MR) is 124 cm³/mol. The molecule has 2 aliphatic rings. The molecule has 0 fully saturated rings. The Morgan fingerprint density at radius 1 is 0.939 bits per heavy atom. The number of para-hydroxylation sites is 2. The molecule has 1 spiro atoms. The lowest BCUT2D eigenvalue weighted by molar-refractivity contribution is 0.00129. The van der Waals surface area contributed by atoms with E-state index in [1.165, 1.54) is 11.8 Å². The first-order valence-corrected chi connectivity index (χ1v) is 11.1. The molecule has 1 aliphatic carbocycles. The molecular formula is C25H17N3O4S. The molecule has 8 heteroatoms. The fourth-order valence-electron chi connectivity index (χ4n) is 4.45. The summed E-state index contributed by atoms with van der Waals surface area (Å²) in [5, 5.41) is 5.35. The summed E-state index contributed by atoms with van der Waals surface area (Å²) in [6.07, 6.45) is 0. The highest BCUT2D eigenvalue weighted by Crippen LogP contribution is 2.50. The fraction of sp³-hybridized carbons (Fsp3) is 0.120. The third kappa shape index (κ3) is 2.84. The maximum absolute atomic E-state index is 13.6.